The molecule has 9 heteroatoms. The highest BCUT2D eigenvalue weighted by atomic mass is 16.7. The van der Waals surface area contributed by atoms with Crippen molar-refractivity contribution in [3.05, 3.63) is 36.5 Å². The molecule has 1 rings (SSSR count). The van der Waals surface area contributed by atoms with E-state index in [0.29, 0.717) is 6.42 Å². The summed E-state index contributed by atoms with van der Waals surface area (Å²) in [5.41, 5.74) is 0. The predicted molar refractivity (Wildman–Crippen MR) is 276 cm³/mol. The number of amides is 1. The van der Waals surface area contributed by atoms with Crippen LogP contribution < -0.4 is 5.32 Å². The second kappa shape index (κ2) is 47.1. The smallest absolute Gasteiger partial charge is 0.220 e. The van der Waals surface area contributed by atoms with Crippen LogP contribution in [-0.4, -0.2) is 87.5 Å². The molecule has 0 aromatic carbocycles. The molecule has 1 amide bonds. The molecule has 0 aromatic heterocycles. The number of aliphatic hydroxyl groups excluding tert-OH is 5. The Hall–Kier alpha value is -1.59. The Morgan fingerprint density at radius 2 is 0.924 bits per heavy atom. The summed E-state index contributed by atoms with van der Waals surface area (Å²) in [4.78, 5) is 13.0. The summed E-state index contributed by atoms with van der Waals surface area (Å²) in [5.74, 6) is -0.190. The number of nitrogens with one attached hydrogen (secondary N) is 1. The maximum atomic E-state index is 13.0. The zero-order chi connectivity index (χ0) is 48.0. The van der Waals surface area contributed by atoms with Gasteiger partial charge < -0.3 is 40.3 Å². The van der Waals surface area contributed by atoms with Gasteiger partial charge in [0.25, 0.3) is 0 Å². The lowest BCUT2D eigenvalue weighted by Crippen LogP contribution is -2.60. The summed E-state index contributed by atoms with van der Waals surface area (Å²) in [6.07, 6.45) is 53.7. The van der Waals surface area contributed by atoms with E-state index in [1.807, 2.05) is 6.08 Å². The van der Waals surface area contributed by atoms with E-state index < -0.39 is 49.5 Å². The second-order valence-corrected chi connectivity index (χ2v) is 19.7. The number of carbonyl (C=O) groups excluding carboxylic acids is 1. The topological polar surface area (TPSA) is 149 Å². The van der Waals surface area contributed by atoms with Crippen molar-refractivity contribution in [2.75, 3.05) is 13.2 Å². The van der Waals surface area contributed by atoms with Crippen molar-refractivity contribution in [3.8, 4) is 0 Å². The van der Waals surface area contributed by atoms with Crippen LogP contribution in [0.3, 0.4) is 0 Å². The van der Waals surface area contributed by atoms with Gasteiger partial charge in [-0.15, -0.1) is 0 Å². The third-order valence-corrected chi connectivity index (χ3v) is 13.4. The molecule has 0 aliphatic carbocycles. The van der Waals surface area contributed by atoms with Gasteiger partial charge in [0.2, 0.25) is 5.91 Å². The Balaban J connectivity index is 2.16. The number of rotatable bonds is 48. The van der Waals surface area contributed by atoms with Gasteiger partial charge >= 0.3 is 0 Å². The minimum Gasteiger partial charge on any atom is -0.394 e. The molecule has 1 aliphatic rings. The van der Waals surface area contributed by atoms with E-state index in [2.05, 4.69) is 43.5 Å². The SMILES string of the molecule is CCC/C=C\C/C=C\CCCCCCCC(=O)NC(COC1OC(CO)C(O)C(O)C1O)C(O)/C=C/CCCCCCCCCCCCCCCCCCCCCCCCCCCCCC. The number of allylic oxidation sites excluding steroid dienone is 5. The van der Waals surface area contributed by atoms with E-state index in [1.54, 1.807) is 6.08 Å². The second-order valence-electron chi connectivity index (χ2n) is 19.7. The van der Waals surface area contributed by atoms with Crippen LogP contribution in [0.1, 0.15) is 264 Å². The highest BCUT2D eigenvalue weighted by Gasteiger charge is 2.44. The minimum atomic E-state index is -1.57. The zero-order valence-electron chi connectivity index (χ0n) is 43.0. The third-order valence-electron chi connectivity index (χ3n) is 13.4. The Morgan fingerprint density at radius 1 is 0.515 bits per heavy atom. The number of hydrogen-bond donors (Lipinski definition) is 6. The number of aliphatic hydroxyl groups is 5. The summed E-state index contributed by atoms with van der Waals surface area (Å²) in [5, 5.41) is 54.4. The Kier molecular flexibility index (Phi) is 44.6. The Labute approximate surface area is 406 Å². The van der Waals surface area contributed by atoms with Crippen molar-refractivity contribution >= 4 is 5.91 Å². The number of unbranched alkanes of at least 4 members (excludes halogenated alkanes) is 34. The first-order valence-electron chi connectivity index (χ1n) is 28.2. The fraction of sp³-hybridized carbons (Fsp3) is 0.877. The summed E-state index contributed by atoms with van der Waals surface area (Å²) in [6.45, 7) is 3.72. The van der Waals surface area contributed by atoms with Crippen molar-refractivity contribution in [3.63, 3.8) is 0 Å². The number of hydrogen-bond acceptors (Lipinski definition) is 8. The van der Waals surface area contributed by atoms with Crippen LogP contribution in [0.15, 0.2) is 36.5 Å². The molecule has 9 nitrogen and oxygen atoms in total. The molecule has 7 unspecified atom stereocenters. The Bertz CT molecular complexity index is 1130. The fourth-order valence-electron chi connectivity index (χ4n) is 8.96. The molecule has 388 valence electrons. The monoisotopic (exact) mass is 934 g/mol. The van der Waals surface area contributed by atoms with Gasteiger partial charge in [0.05, 0.1) is 25.4 Å². The molecule has 1 saturated heterocycles. The first-order valence-corrected chi connectivity index (χ1v) is 28.2. The first kappa shape index (κ1) is 62.4. The molecule has 1 fully saturated rings. The summed E-state index contributed by atoms with van der Waals surface area (Å²) in [6, 6.07) is -0.812. The lowest BCUT2D eigenvalue weighted by atomic mass is 9.99. The molecular weight excluding hydrogens is 827 g/mol. The van der Waals surface area contributed by atoms with Crippen molar-refractivity contribution in [2.45, 2.75) is 307 Å². The normalized spacial score (nSPS) is 20.0. The van der Waals surface area contributed by atoms with Gasteiger partial charge in [0, 0.05) is 6.42 Å². The third kappa shape index (κ3) is 36.4. The molecule has 66 heavy (non-hydrogen) atoms. The average molecular weight is 934 g/mol. The van der Waals surface area contributed by atoms with Crippen LogP contribution in [0.2, 0.25) is 0 Å². The van der Waals surface area contributed by atoms with E-state index in [9.17, 15) is 30.3 Å². The van der Waals surface area contributed by atoms with Crippen molar-refractivity contribution in [2.24, 2.45) is 0 Å². The quantitative estimate of drug-likeness (QED) is 0.0261. The molecular formula is C57H107NO8. The van der Waals surface area contributed by atoms with Crippen LogP contribution in [0.4, 0.5) is 0 Å². The van der Waals surface area contributed by atoms with Gasteiger partial charge in [-0.3, -0.25) is 4.79 Å². The van der Waals surface area contributed by atoms with Gasteiger partial charge in [-0.1, -0.05) is 249 Å². The summed E-state index contributed by atoms with van der Waals surface area (Å²) < 4.78 is 11.2. The van der Waals surface area contributed by atoms with Gasteiger partial charge in [0.1, 0.15) is 24.4 Å². The molecule has 6 N–H and O–H groups in total. The lowest BCUT2D eigenvalue weighted by molar-refractivity contribution is -0.302. The highest BCUT2D eigenvalue weighted by molar-refractivity contribution is 5.76. The summed E-state index contributed by atoms with van der Waals surface area (Å²) in [7, 11) is 0. The molecule has 1 heterocycles. The average Bonchev–Trinajstić information content (AvgIpc) is 3.32. The minimum absolute atomic E-state index is 0.190. The largest absolute Gasteiger partial charge is 0.394 e. The van der Waals surface area contributed by atoms with E-state index in [4.69, 9.17) is 9.47 Å². The standard InChI is InChI=1S/C57H107NO8/c1-3-5-7-9-11-13-15-17-18-19-20-21-22-23-24-25-26-27-28-29-30-31-32-33-35-36-38-40-42-44-46-51(60)50(49-65-57-56(64)55(63)54(62)52(48-59)66-57)58-53(61)47-45-43-41-39-37-34-16-14-12-10-8-6-4-2/h8,10,14,16,44,46,50-52,54-57,59-60,62-64H,3-7,9,11-13,15,17-43,45,47-49H2,1-2H3,(H,58,61)/b10-8-,16-14-,46-44+. The van der Waals surface area contributed by atoms with Gasteiger partial charge in [-0.05, 0) is 44.9 Å². The maximum absolute atomic E-state index is 13.0. The maximum Gasteiger partial charge on any atom is 0.220 e. The molecule has 7 atom stereocenters. The van der Waals surface area contributed by atoms with Gasteiger partial charge in [0.15, 0.2) is 6.29 Å². The van der Waals surface area contributed by atoms with Crippen LogP contribution in [-0.2, 0) is 14.3 Å². The fourth-order valence-corrected chi connectivity index (χ4v) is 8.96. The van der Waals surface area contributed by atoms with E-state index in [1.165, 1.54) is 173 Å². The molecule has 0 spiro atoms. The van der Waals surface area contributed by atoms with Crippen molar-refractivity contribution in [1.29, 1.82) is 0 Å². The lowest BCUT2D eigenvalue weighted by Gasteiger charge is -2.40. The van der Waals surface area contributed by atoms with Gasteiger partial charge in [-0.25, -0.2) is 0 Å². The van der Waals surface area contributed by atoms with Crippen LogP contribution in [0.5, 0.6) is 0 Å². The molecule has 0 saturated carbocycles. The van der Waals surface area contributed by atoms with E-state index in [-0.39, 0.29) is 12.5 Å². The van der Waals surface area contributed by atoms with Crippen molar-refractivity contribution < 1.29 is 39.8 Å². The van der Waals surface area contributed by atoms with Crippen molar-refractivity contribution in [1.82, 2.24) is 5.32 Å². The van der Waals surface area contributed by atoms with E-state index in [0.717, 1.165) is 70.6 Å². The summed E-state index contributed by atoms with van der Waals surface area (Å²) >= 11 is 0. The molecule has 0 radical (unpaired) electrons. The van der Waals surface area contributed by atoms with Crippen LogP contribution in [0, 0.1) is 0 Å². The van der Waals surface area contributed by atoms with Gasteiger partial charge in [-0.2, -0.15) is 0 Å². The highest BCUT2D eigenvalue weighted by Crippen LogP contribution is 2.23. The van der Waals surface area contributed by atoms with Crippen LogP contribution in [0.25, 0.3) is 0 Å². The first-order chi connectivity index (χ1) is 32.3. The molecule has 0 aromatic rings. The van der Waals surface area contributed by atoms with Crippen LogP contribution >= 0.6 is 0 Å². The molecule has 1 aliphatic heterocycles. The Morgan fingerprint density at radius 3 is 1.36 bits per heavy atom. The molecule has 0 bridgehead atoms. The predicted octanol–water partition coefficient (Wildman–Crippen LogP) is 13.6. The number of ether oxygens (including phenoxy) is 2. The van der Waals surface area contributed by atoms with E-state index >= 15 is 0 Å². The number of carbonyl (C=O) groups is 1. The zero-order valence-corrected chi connectivity index (χ0v) is 43.0.